The van der Waals surface area contributed by atoms with Gasteiger partial charge in [-0.2, -0.15) is 0 Å². The van der Waals surface area contributed by atoms with Crippen molar-refractivity contribution in [3.8, 4) is 0 Å². The van der Waals surface area contributed by atoms with E-state index in [0.717, 1.165) is 18.3 Å². The van der Waals surface area contributed by atoms with Gasteiger partial charge in [0.1, 0.15) is 12.7 Å². The molecule has 116 valence electrons. The summed E-state index contributed by atoms with van der Waals surface area (Å²) in [6, 6.07) is 2.88. The molecule has 2 aromatic rings. The Balaban J connectivity index is 2.23. The highest BCUT2D eigenvalue weighted by Crippen LogP contribution is 2.19. The van der Waals surface area contributed by atoms with Gasteiger partial charge in [0.15, 0.2) is 23.2 Å². The summed E-state index contributed by atoms with van der Waals surface area (Å²) in [6.07, 6.45) is 1.12. The molecule has 8 heteroatoms. The number of carbonyl (C=O) groups excluding carboxylic acids is 1. The first kappa shape index (κ1) is 15.7. The van der Waals surface area contributed by atoms with Crippen molar-refractivity contribution in [3.05, 3.63) is 57.5 Å². The van der Waals surface area contributed by atoms with Crippen LogP contribution in [0.25, 0.3) is 0 Å². The van der Waals surface area contributed by atoms with Gasteiger partial charge in [-0.15, -0.1) is 0 Å². The van der Waals surface area contributed by atoms with E-state index >= 15 is 0 Å². The van der Waals surface area contributed by atoms with Crippen molar-refractivity contribution in [2.45, 2.75) is 20.4 Å². The number of aromatic nitrogens is 2. The molecule has 0 aliphatic rings. The number of halogens is 2. The predicted octanol–water partition coefficient (Wildman–Crippen LogP) is 2.90. The Kier molecular flexibility index (Phi) is 4.30. The lowest BCUT2D eigenvalue weighted by molar-refractivity contribution is -0.392. The first-order chi connectivity index (χ1) is 10.3. The van der Waals surface area contributed by atoms with Crippen molar-refractivity contribution in [1.29, 1.82) is 0 Å². The topological polar surface area (TPSA) is 78.0 Å². The molecular formula is C14H13F2N3O3. The first-order valence-corrected chi connectivity index (χ1v) is 6.47. The molecule has 0 saturated heterocycles. The number of imidazole rings is 1. The second-order valence-electron chi connectivity index (χ2n) is 4.93. The normalized spacial score (nSPS) is 12.2. The van der Waals surface area contributed by atoms with E-state index < -0.39 is 28.3 Å². The van der Waals surface area contributed by atoms with Crippen molar-refractivity contribution < 1.29 is 18.5 Å². The Morgan fingerprint density at radius 2 is 2.09 bits per heavy atom. The van der Waals surface area contributed by atoms with Crippen LogP contribution in [0.15, 0.2) is 24.4 Å². The zero-order chi connectivity index (χ0) is 16.4. The number of Topliss-reactive ketones (excluding diaryl/α,β-unsaturated/α-hetero) is 1. The van der Waals surface area contributed by atoms with Crippen LogP contribution in [0.2, 0.25) is 0 Å². The van der Waals surface area contributed by atoms with Crippen molar-refractivity contribution in [1.82, 2.24) is 9.55 Å². The molecule has 0 aliphatic heterocycles. The maximum absolute atomic E-state index is 13.2. The molecule has 2 rings (SSSR count). The molecule has 0 saturated carbocycles. The number of rotatable bonds is 5. The van der Waals surface area contributed by atoms with Crippen LogP contribution in [0.1, 0.15) is 23.1 Å². The lowest BCUT2D eigenvalue weighted by Crippen LogP contribution is -2.19. The molecule has 0 fully saturated rings. The minimum atomic E-state index is -1.11. The van der Waals surface area contributed by atoms with E-state index in [4.69, 9.17) is 0 Å². The fraction of sp³-hybridized carbons (Fsp3) is 0.286. The van der Waals surface area contributed by atoms with Crippen LogP contribution < -0.4 is 0 Å². The van der Waals surface area contributed by atoms with Crippen LogP contribution >= 0.6 is 0 Å². The molecule has 0 radical (unpaired) electrons. The van der Waals surface area contributed by atoms with Crippen molar-refractivity contribution in [2.24, 2.45) is 5.92 Å². The number of benzene rings is 1. The molecule has 0 unspecified atom stereocenters. The molecule has 1 atom stereocenters. The van der Waals surface area contributed by atoms with Crippen molar-refractivity contribution >= 4 is 11.6 Å². The summed E-state index contributed by atoms with van der Waals surface area (Å²) in [5.41, 5.74) is 0.0202. The molecule has 22 heavy (non-hydrogen) atoms. The Morgan fingerprint density at radius 3 is 2.68 bits per heavy atom. The third-order valence-electron chi connectivity index (χ3n) is 3.33. The number of aryl methyl sites for hydroxylation is 1. The highest BCUT2D eigenvalue weighted by atomic mass is 19.2. The first-order valence-electron chi connectivity index (χ1n) is 6.47. The molecule has 0 bridgehead atoms. The van der Waals surface area contributed by atoms with Crippen LogP contribution in [-0.2, 0) is 6.54 Å². The molecule has 0 amide bonds. The van der Waals surface area contributed by atoms with E-state index in [2.05, 4.69) is 4.98 Å². The third-order valence-corrected chi connectivity index (χ3v) is 3.33. The lowest BCUT2D eigenvalue weighted by Gasteiger charge is -2.10. The van der Waals surface area contributed by atoms with Gasteiger partial charge >= 0.3 is 5.82 Å². The smallest absolute Gasteiger partial charge is 0.342 e. The van der Waals surface area contributed by atoms with E-state index in [9.17, 15) is 23.7 Å². The van der Waals surface area contributed by atoms with E-state index in [1.165, 1.54) is 10.6 Å². The monoisotopic (exact) mass is 309 g/mol. The molecular weight excluding hydrogens is 296 g/mol. The predicted molar refractivity (Wildman–Crippen MR) is 73.5 cm³/mol. The Labute approximate surface area is 124 Å². The summed E-state index contributed by atoms with van der Waals surface area (Å²) in [5.74, 6) is -3.05. The lowest BCUT2D eigenvalue weighted by atomic mass is 9.99. The van der Waals surface area contributed by atoms with Gasteiger partial charge < -0.3 is 10.1 Å². The van der Waals surface area contributed by atoms with Gasteiger partial charge in [0.2, 0.25) is 0 Å². The van der Waals surface area contributed by atoms with Gasteiger partial charge in [0, 0.05) is 12.5 Å². The average molecular weight is 309 g/mol. The molecule has 0 aliphatic carbocycles. The zero-order valence-electron chi connectivity index (χ0n) is 11.9. The van der Waals surface area contributed by atoms with Gasteiger partial charge in [-0.05, 0) is 23.1 Å². The second-order valence-corrected chi connectivity index (χ2v) is 4.93. The SMILES string of the molecule is Cc1ncc([N+](=O)[O-])n1C[C@@H](C)C(=O)c1ccc(F)c(F)c1. The Hall–Kier alpha value is -2.64. The second kappa shape index (κ2) is 6.00. The highest BCUT2D eigenvalue weighted by molar-refractivity contribution is 5.97. The van der Waals surface area contributed by atoms with Crippen LogP contribution in [0, 0.1) is 34.6 Å². The molecule has 0 N–H and O–H groups in total. The molecule has 6 nitrogen and oxygen atoms in total. The van der Waals surface area contributed by atoms with Crippen LogP contribution in [-0.4, -0.2) is 20.3 Å². The quantitative estimate of drug-likeness (QED) is 0.483. The molecule has 1 aromatic carbocycles. The van der Waals surface area contributed by atoms with Crippen LogP contribution in [0.4, 0.5) is 14.6 Å². The number of nitro groups is 1. The van der Waals surface area contributed by atoms with Gasteiger partial charge in [-0.25, -0.2) is 18.3 Å². The third kappa shape index (κ3) is 3.00. The average Bonchev–Trinajstić information content (AvgIpc) is 2.82. The van der Waals surface area contributed by atoms with Gasteiger partial charge in [0.05, 0.1) is 5.92 Å². The largest absolute Gasteiger partial charge is 0.358 e. The summed E-state index contributed by atoms with van der Waals surface area (Å²) in [6.45, 7) is 3.18. The number of hydrogen-bond acceptors (Lipinski definition) is 4. The summed E-state index contributed by atoms with van der Waals surface area (Å²) in [7, 11) is 0. The van der Waals surface area contributed by atoms with Crippen LogP contribution in [0.3, 0.4) is 0 Å². The minimum absolute atomic E-state index is 0.0202. The number of nitrogens with zero attached hydrogens (tertiary/aromatic N) is 3. The van der Waals surface area contributed by atoms with Crippen molar-refractivity contribution in [2.75, 3.05) is 0 Å². The van der Waals surface area contributed by atoms with E-state index in [0.29, 0.717) is 5.82 Å². The summed E-state index contributed by atoms with van der Waals surface area (Å²) in [5, 5.41) is 10.9. The van der Waals surface area contributed by atoms with E-state index in [1.807, 2.05) is 0 Å². The summed E-state index contributed by atoms with van der Waals surface area (Å²) >= 11 is 0. The number of carbonyl (C=O) groups is 1. The summed E-state index contributed by atoms with van der Waals surface area (Å²) in [4.78, 5) is 26.4. The fourth-order valence-electron chi connectivity index (χ4n) is 2.12. The number of hydrogen-bond donors (Lipinski definition) is 0. The van der Waals surface area contributed by atoms with Crippen molar-refractivity contribution in [3.63, 3.8) is 0 Å². The highest BCUT2D eigenvalue weighted by Gasteiger charge is 2.24. The molecule has 1 heterocycles. The maximum atomic E-state index is 13.2. The Morgan fingerprint density at radius 1 is 1.41 bits per heavy atom. The standard InChI is InChI=1S/C14H13F2N3O3/c1-8(7-18-9(2)17-6-13(18)19(21)22)14(20)10-3-4-11(15)12(16)5-10/h3-6,8H,7H2,1-2H3/t8-/m1/s1. The Bertz CT molecular complexity index is 743. The van der Waals surface area contributed by atoms with Gasteiger partial charge in [-0.1, -0.05) is 6.92 Å². The minimum Gasteiger partial charge on any atom is -0.358 e. The van der Waals surface area contributed by atoms with Crippen LogP contribution in [0.5, 0.6) is 0 Å². The summed E-state index contributed by atoms with van der Waals surface area (Å²) < 4.78 is 27.4. The van der Waals surface area contributed by atoms with E-state index in [1.54, 1.807) is 13.8 Å². The maximum Gasteiger partial charge on any atom is 0.342 e. The van der Waals surface area contributed by atoms with E-state index in [-0.39, 0.29) is 17.9 Å². The van der Waals surface area contributed by atoms with Gasteiger partial charge in [0.25, 0.3) is 0 Å². The fourth-order valence-corrected chi connectivity index (χ4v) is 2.12. The van der Waals surface area contributed by atoms with Gasteiger partial charge in [-0.3, -0.25) is 4.79 Å². The molecule has 0 spiro atoms. The zero-order valence-corrected chi connectivity index (χ0v) is 11.9. The molecule has 1 aromatic heterocycles. The number of ketones is 1.